The van der Waals surface area contributed by atoms with Crippen molar-refractivity contribution in [1.29, 1.82) is 0 Å². The van der Waals surface area contributed by atoms with Crippen LogP contribution in [0, 0.1) is 18.6 Å². The first-order chi connectivity index (χ1) is 14.9. The second-order valence-corrected chi connectivity index (χ2v) is 7.47. The van der Waals surface area contributed by atoms with Gasteiger partial charge in [0.2, 0.25) is 0 Å². The first-order valence-electron chi connectivity index (χ1n) is 8.59. The van der Waals surface area contributed by atoms with E-state index in [0.29, 0.717) is 28.0 Å². The highest BCUT2D eigenvalue weighted by Gasteiger charge is 2.32. The molecule has 5 nitrogen and oxygen atoms in total. The number of nitrogens with one attached hydrogen (secondary N) is 1. The number of ether oxygens (including phenoxy) is 2. The van der Waals surface area contributed by atoms with E-state index in [9.17, 15) is 26.7 Å². The van der Waals surface area contributed by atoms with E-state index in [2.05, 4.69) is 31.0 Å². The van der Waals surface area contributed by atoms with E-state index in [0.717, 1.165) is 18.2 Å². The summed E-state index contributed by atoms with van der Waals surface area (Å²) >= 11 is 8.95. The number of alkyl halides is 3. The van der Waals surface area contributed by atoms with Crippen molar-refractivity contribution in [2.24, 2.45) is 0 Å². The van der Waals surface area contributed by atoms with Gasteiger partial charge in [0.05, 0.1) is 5.02 Å². The number of aromatic nitrogens is 1. The number of hydrogen-bond acceptors (Lipinski definition) is 4. The predicted molar refractivity (Wildman–Crippen MR) is 109 cm³/mol. The molecule has 0 atom stereocenters. The van der Waals surface area contributed by atoms with Crippen molar-refractivity contribution >= 4 is 39.1 Å². The molecule has 1 amide bonds. The summed E-state index contributed by atoms with van der Waals surface area (Å²) in [5, 5.41) is 2.12. The van der Waals surface area contributed by atoms with E-state index in [-0.39, 0.29) is 16.5 Å². The highest BCUT2D eigenvalue weighted by atomic mass is 79.9. The van der Waals surface area contributed by atoms with Gasteiger partial charge in [-0.3, -0.25) is 4.79 Å². The molecule has 12 heteroatoms. The summed E-state index contributed by atoms with van der Waals surface area (Å²) in [5.74, 6) is -5.15. The lowest BCUT2D eigenvalue weighted by Crippen LogP contribution is -2.18. The van der Waals surface area contributed by atoms with Gasteiger partial charge in [-0.1, -0.05) is 11.6 Å². The number of nitrogens with zero attached hydrogens (tertiary/aromatic N) is 1. The van der Waals surface area contributed by atoms with Crippen molar-refractivity contribution in [2.75, 3.05) is 5.32 Å². The van der Waals surface area contributed by atoms with Crippen molar-refractivity contribution in [3.05, 3.63) is 75.0 Å². The van der Waals surface area contributed by atoms with Crippen molar-refractivity contribution < 1.29 is 36.2 Å². The Morgan fingerprint density at radius 2 is 1.81 bits per heavy atom. The zero-order chi connectivity index (χ0) is 23.6. The third-order valence-corrected chi connectivity index (χ3v) is 4.68. The highest BCUT2D eigenvalue weighted by Crippen LogP contribution is 2.34. The van der Waals surface area contributed by atoms with Crippen molar-refractivity contribution in [3.63, 3.8) is 0 Å². The Labute approximate surface area is 191 Å². The number of anilines is 1. The summed E-state index contributed by atoms with van der Waals surface area (Å²) in [6.45, 7) is 1.66. The van der Waals surface area contributed by atoms with Gasteiger partial charge in [-0.15, -0.1) is 13.2 Å². The van der Waals surface area contributed by atoms with Crippen molar-refractivity contribution in [1.82, 2.24) is 4.98 Å². The molecule has 0 unspecified atom stereocenters. The molecule has 0 aliphatic heterocycles. The third-order valence-electron chi connectivity index (χ3n) is 3.96. The highest BCUT2D eigenvalue weighted by molar-refractivity contribution is 9.10. The Hall–Kier alpha value is -2.92. The van der Waals surface area contributed by atoms with Crippen LogP contribution in [0.1, 0.15) is 15.9 Å². The summed E-state index contributed by atoms with van der Waals surface area (Å²) in [7, 11) is 0. The number of aryl methyl sites for hydroxylation is 1. The average Bonchev–Trinajstić information content (AvgIpc) is 2.69. The number of pyridine rings is 1. The molecule has 32 heavy (non-hydrogen) atoms. The number of halogens is 7. The maximum Gasteiger partial charge on any atom is 0.573 e. The average molecular weight is 538 g/mol. The monoisotopic (exact) mass is 536 g/mol. The fourth-order valence-electron chi connectivity index (χ4n) is 2.53. The first-order valence-corrected chi connectivity index (χ1v) is 9.76. The topological polar surface area (TPSA) is 60.5 Å². The SMILES string of the molecule is Cc1cnc(Br)cc1NC(=O)c1c(Oc2ccc(OC(F)(F)F)c(F)c2)ccc(Cl)c1F. The summed E-state index contributed by atoms with van der Waals surface area (Å²) < 4.78 is 74.9. The lowest BCUT2D eigenvalue weighted by atomic mass is 10.1. The molecule has 0 bridgehead atoms. The van der Waals surface area contributed by atoms with Crippen LogP contribution in [0.4, 0.5) is 27.6 Å². The lowest BCUT2D eigenvalue weighted by Gasteiger charge is -2.15. The Kier molecular flexibility index (Phi) is 6.89. The standard InChI is InChI=1S/C20H11BrClF5N2O3/c1-9-8-28-16(21)7-13(9)29-19(30)17-15(5-3-11(22)18(17)24)31-10-2-4-14(12(23)6-10)32-20(25,26)27/h2-8H,1H3,(H,28,29,30). The van der Waals surface area contributed by atoms with Gasteiger partial charge in [-0.25, -0.2) is 13.8 Å². The van der Waals surface area contributed by atoms with E-state index >= 15 is 0 Å². The number of carbonyl (C=O) groups is 1. The van der Waals surface area contributed by atoms with Crippen LogP contribution in [0.2, 0.25) is 5.02 Å². The van der Waals surface area contributed by atoms with Crippen LogP contribution in [0.15, 0.2) is 47.2 Å². The molecular weight excluding hydrogens is 527 g/mol. The molecule has 0 radical (unpaired) electrons. The molecule has 0 fully saturated rings. The summed E-state index contributed by atoms with van der Waals surface area (Å²) in [6.07, 6.45) is -3.62. The maximum atomic E-state index is 14.7. The first kappa shape index (κ1) is 23.7. The van der Waals surface area contributed by atoms with Crippen LogP contribution in [-0.2, 0) is 0 Å². The van der Waals surface area contributed by atoms with E-state index in [1.165, 1.54) is 12.3 Å². The van der Waals surface area contributed by atoms with Gasteiger partial charge in [0.1, 0.15) is 21.7 Å². The maximum absolute atomic E-state index is 14.7. The molecule has 1 N–H and O–H groups in total. The minimum atomic E-state index is -5.09. The molecular formula is C20H11BrClF5N2O3. The second kappa shape index (κ2) is 9.29. The second-order valence-electron chi connectivity index (χ2n) is 6.25. The molecule has 1 heterocycles. The van der Waals surface area contributed by atoms with Crippen LogP contribution in [0.5, 0.6) is 17.2 Å². The third kappa shape index (κ3) is 5.65. The molecule has 0 aliphatic rings. The van der Waals surface area contributed by atoms with Gasteiger partial charge >= 0.3 is 6.36 Å². The fraction of sp³-hybridized carbons (Fsp3) is 0.100. The van der Waals surface area contributed by atoms with Crippen molar-refractivity contribution in [3.8, 4) is 17.2 Å². The number of carbonyl (C=O) groups excluding carboxylic acids is 1. The summed E-state index contributed by atoms with van der Waals surface area (Å²) in [4.78, 5) is 16.8. The normalized spacial score (nSPS) is 11.2. The Bertz CT molecular complexity index is 1190. The summed E-state index contributed by atoms with van der Waals surface area (Å²) in [6, 6.07) is 6.00. The van der Waals surface area contributed by atoms with Crippen LogP contribution in [0.25, 0.3) is 0 Å². The Morgan fingerprint density at radius 3 is 2.47 bits per heavy atom. The quantitative estimate of drug-likeness (QED) is 0.280. The predicted octanol–water partition coefficient (Wildman–Crippen LogP) is 7.03. The smallest absolute Gasteiger partial charge is 0.456 e. The number of benzene rings is 2. The lowest BCUT2D eigenvalue weighted by molar-refractivity contribution is -0.275. The van der Waals surface area contributed by atoms with Gasteiger partial charge < -0.3 is 14.8 Å². The van der Waals surface area contributed by atoms with Gasteiger partial charge in [-0.2, -0.15) is 0 Å². The molecule has 0 saturated carbocycles. The van der Waals surface area contributed by atoms with Crippen molar-refractivity contribution in [2.45, 2.75) is 13.3 Å². The number of hydrogen-bond donors (Lipinski definition) is 1. The zero-order valence-corrected chi connectivity index (χ0v) is 18.2. The van der Waals surface area contributed by atoms with Gasteiger partial charge in [0.25, 0.3) is 5.91 Å². The Balaban J connectivity index is 1.93. The zero-order valence-electron chi connectivity index (χ0n) is 15.9. The van der Waals surface area contributed by atoms with E-state index in [1.54, 1.807) is 6.92 Å². The molecule has 3 rings (SSSR count). The van der Waals surface area contributed by atoms with Crippen LogP contribution < -0.4 is 14.8 Å². The summed E-state index contributed by atoms with van der Waals surface area (Å²) in [5.41, 5.74) is 0.302. The molecule has 0 aliphatic carbocycles. The molecule has 1 aromatic heterocycles. The van der Waals surface area contributed by atoms with Crippen LogP contribution in [0.3, 0.4) is 0 Å². The van der Waals surface area contributed by atoms with Crippen LogP contribution in [-0.4, -0.2) is 17.3 Å². The molecule has 0 spiro atoms. The molecule has 0 saturated heterocycles. The fourth-order valence-corrected chi connectivity index (χ4v) is 3.02. The molecule has 168 valence electrons. The van der Waals surface area contributed by atoms with E-state index in [4.69, 9.17) is 16.3 Å². The van der Waals surface area contributed by atoms with Gasteiger partial charge in [0, 0.05) is 18.0 Å². The van der Waals surface area contributed by atoms with Crippen LogP contribution >= 0.6 is 27.5 Å². The molecule has 2 aromatic carbocycles. The van der Waals surface area contributed by atoms with E-state index < -0.39 is 35.2 Å². The van der Waals surface area contributed by atoms with Gasteiger partial charge in [-0.05, 0) is 58.7 Å². The Morgan fingerprint density at radius 1 is 1.12 bits per heavy atom. The number of amides is 1. The molecule has 3 aromatic rings. The van der Waals surface area contributed by atoms with Gasteiger partial charge in [0.15, 0.2) is 17.4 Å². The minimum absolute atomic E-state index is 0.310. The number of rotatable bonds is 5. The largest absolute Gasteiger partial charge is 0.573 e. The van der Waals surface area contributed by atoms with E-state index in [1.807, 2.05) is 0 Å². The minimum Gasteiger partial charge on any atom is -0.456 e.